The van der Waals surface area contributed by atoms with Crippen LogP contribution in [0.1, 0.15) is 105 Å². The van der Waals surface area contributed by atoms with E-state index in [2.05, 4.69) is 132 Å². The van der Waals surface area contributed by atoms with Crippen molar-refractivity contribution in [2.45, 2.75) is 163 Å². The van der Waals surface area contributed by atoms with Crippen molar-refractivity contribution < 1.29 is 8.42 Å². The van der Waals surface area contributed by atoms with Crippen molar-refractivity contribution in [1.82, 2.24) is 0 Å². The molecule has 252 valence electrons. The average Bonchev–Trinajstić information content (AvgIpc) is 2.93. The standard InChI is InChI=1S/C40H44O2S6/c1-37(2,3)21-13-25-33-29(17-21)45-30-18-23(39(7,8)9)15-27-35(30)48(42)36-28(44-27)16-24(40(10,11)12)20-32(36)46-31-19-22(38(4,5)6)14-26(43-25)34(31)47(33)41/h13-20H,1-12H3. The maximum Gasteiger partial charge on any atom is 0.0895 e. The minimum absolute atomic E-state index is 0.101. The van der Waals surface area contributed by atoms with Crippen LogP contribution < -0.4 is 0 Å². The molecular weight excluding hydrogens is 705 g/mol. The van der Waals surface area contributed by atoms with Gasteiger partial charge < -0.3 is 0 Å². The quantitative estimate of drug-likeness (QED) is 0.154. The highest BCUT2D eigenvalue weighted by molar-refractivity contribution is 8.04. The first-order chi connectivity index (χ1) is 22.1. The number of benzene rings is 4. The van der Waals surface area contributed by atoms with Gasteiger partial charge in [0.2, 0.25) is 0 Å². The summed E-state index contributed by atoms with van der Waals surface area (Å²) in [7, 11) is -2.81. The van der Waals surface area contributed by atoms with Gasteiger partial charge in [0.05, 0.1) is 41.2 Å². The van der Waals surface area contributed by atoms with Gasteiger partial charge in [0.1, 0.15) is 0 Å². The van der Waals surface area contributed by atoms with Crippen LogP contribution in [0.5, 0.6) is 0 Å². The van der Waals surface area contributed by atoms with Crippen LogP contribution in [0, 0.1) is 0 Å². The molecule has 0 saturated heterocycles. The van der Waals surface area contributed by atoms with Crippen LogP contribution in [0.25, 0.3) is 0 Å². The van der Waals surface area contributed by atoms with E-state index in [9.17, 15) is 0 Å². The molecule has 4 aromatic carbocycles. The Morgan fingerprint density at radius 1 is 0.333 bits per heavy atom. The zero-order valence-corrected chi connectivity index (χ0v) is 34.8. The van der Waals surface area contributed by atoms with Crippen molar-refractivity contribution in [3.8, 4) is 0 Å². The summed E-state index contributed by atoms with van der Waals surface area (Å²) in [4.78, 5) is 11.7. The number of rotatable bonds is 0. The Kier molecular flexibility index (Phi) is 8.42. The fourth-order valence-corrected chi connectivity index (χ4v) is 15.5. The zero-order chi connectivity index (χ0) is 34.9. The Balaban J connectivity index is 1.62. The summed E-state index contributed by atoms with van der Waals surface area (Å²) in [5, 5.41) is 0. The van der Waals surface area contributed by atoms with E-state index in [1.807, 2.05) is 0 Å². The first-order valence-electron chi connectivity index (χ1n) is 16.4. The van der Waals surface area contributed by atoms with Crippen LogP contribution in [0.2, 0.25) is 0 Å². The van der Waals surface area contributed by atoms with Gasteiger partial charge in [-0.25, -0.2) is 8.42 Å². The molecule has 0 fully saturated rings. The van der Waals surface area contributed by atoms with E-state index < -0.39 is 21.6 Å². The van der Waals surface area contributed by atoms with Gasteiger partial charge in [0.15, 0.2) is 0 Å². The van der Waals surface area contributed by atoms with E-state index in [1.165, 1.54) is 22.3 Å². The van der Waals surface area contributed by atoms with Crippen molar-refractivity contribution in [3.05, 3.63) is 70.8 Å². The first kappa shape index (κ1) is 35.0. The highest BCUT2D eigenvalue weighted by atomic mass is 32.2. The van der Waals surface area contributed by atoms with Crippen LogP contribution in [-0.2, 0) is 43.3 Å². The molecule has 0 N–H and O–H groups in total. The SMILES string of the molecule is CC(C)(C)c1cc2c3c(c1)Sc1cc(C(C)(C)C)cc4c1S(=O)c1c(cc(C(C)(C)C)cc1Sc1cc(C(C)(C)C)cc(c1S3=O)S2)S4. The smallest absolute Gasteiger partial charge is 0.0895 e. The highest BCUT2D eigenvalue weighted by Gasteiger charge is 2.37. The van der Waals surface area contributed by atoms with Gasteiger partial charge in [0.25, 0.3) is 0 Å². The number of hydrogen-bond donors (Lipinski definition) is 0. The van der Waals surface area contributed by atoms with E-state index in [4.69, 9.17) is 0 Å². The van der Waals surface area contributed by atoms with E-state index in [0.717, 1.165) is 58.7 Å². The van der Waals surface area contributed by atoms with E-state index in [0.29, 0.717) is 0 Å². The molecule has 3 heterocycles. The Hall–Kier alpha value is -1.42. The first-order valence-corrected chi connectivity index (χ1v) is 22.0. The van der Waals surface area contributed by atoms with Gasteiger partial charge >= 0.3 is 0 Å². The third-order valence-corrected chi connectivity index (χ3v) is 17.8. The molecule has 8 heteroatoms. The summed E-state index contributed by atoms with van der Waals surface area (Å²) in [6, 6.07) is 18.1. The fraction of sp³-hybridized carbons (Fsp3) is 0.400. The molecule has 3 aliphatic heterocycles. The molecule has 0 amide bonds. The Morgan fingerprint density at radius 3 is 0.604 bits per heavy atom. The molecule has 0 radical (unpaired) electrons. The average molecular weight is 749 g/mol. The van der Waals surface area contributed by atoms with Crippen molar-refractivity contribution in [2.24, 2.45) is 0 Å². The summed E-state index contributed by atoms with van der Waals surface area (Å²) >= 11 is 6.83. The van der Waals surface area contributed by atoms with Gasteiger partial charge in [-0.2, -0.15) is 0 Å². The number of hydrogen-bond acceptors (Lipinski definition) is 6. The molecule has 0 aromatic heterocycles. The predicted molar refractivity (Wildman–Crippen MR) is 206 cm³/mol. The second kappa shape index (κ2) is 11.5. The Labute approximate surface area is 309 Å². The van der Waals surface area contributed by atoms with Crippen molar-refractivity contribution >= 4 is 68.6 Å². The Morgan fingerprint density at radius 2 is 0.479 bits per heavy atom. The van der Waals surface area contributed by atoms with Gasteiger partial charge in [-0.15, -0.1) is 0 Å². The lowest BCUT2D eigenvalue weighted by atomic mass is 9.87. The second-order valence-corrected chi connectivity index (χ2v) is 24.2. The molecule has 0 saturated carbocycles. The van der Waals surface area contributed by atoms with Crippen molar-refractivity contribution in [2.75, 3.05) is 0 Å². The molecule has 0 spiro atoms. The molecular formula is C40H44O2S6. The molecule has 0 atom stereocenters. The molecule has 0 unspecified atom stereocenters. The Bertz CT molecular complexity index is 1810. The lowest BCUT2D eigenvalue weighted by Crippen LogP contribution is -2.17. The van der Waals surface area contributed by atoms with Gasteiger partial charge in [-0.3, -0.25) is 0 Å². The molecule has 3 aliphatic rings. The molecule has 48 heavy (non-hydrogen) atoms. The van der Waals surface area contributed by atoms with E-state index in [-0.39, 0.29) is 21.7 Å². The maximum absolute atomic E-state index is 15.2. The minimum Gasteiger partial charge on any atom is -0.249 e. The summed E-state index contributed by atoms with van der Waals surface area (Å²) in [5.74, 6) is 0. The summed E-state index contributed by atoms with van der Waals surface area (Å²) in [5.41, 5.74) is 4.44. The van der Waals surface area contributed by atoms with Gasteiger partial charge in [0, 0.05) is 39.2 Å². The van der Waals surface area contributed by atoms with E-state index in [1.54, 1.807) is 47.0 Å². The van der Waals surface area contributed by atoms with E-state index >= 15 is 8.42 Å². The molecule has 0 aliphatic carbocycles. The summed E-state index contributed by atoms with van der Waals surface area (Å²) < 4.78 is 30.3. The van der Waals surface area contributed by atoms with Crippen molar-refractivity contribution in [1.29, 1.82) is 0 Å². The van der Waals surface area contributed by atoms with Crippen molar-refractivity contribution in [3.63, 3.8) is 0 Å². The third kappa shape index (κ3) is 6.02. The molecule has 7 rings (SSSR count). The van der Waals surface area contributed by atoms with Crippen LogP contribution in [0.3, 0.4) is 0 Å². The van der Waals surface area contributed by atoms with Gasteiger partial charge in [-0.05, 0) is 92.4 Å². The lowest BCUT2D eigenvalue weighted by Gasteiger charge is -2.32. The predicted octanol–water partition coefficient (Wildman–Crippen LogP) is 12.8. The molecule has 2 nitrogen and oxygen atoms in total. The highest BCUT2D eigenvalue weighted by Crippen LogP contribution is 2.58. The normalized spacial score (nSPS) is 18.7. The van der Waals surface area contributed by atoms with Crippen LogP contribution in [0.15, 0.2) is 107 Å². The zero-order valence-electron chi connectivity index (χ0n) is 29.9. The third-order valence-electron chi connectivity index (χ3n) is 9.17. The molecule has 4 bridgehead atoms. The molecule has 4 aromatic rings. The largest absolute Gasteiger partial charge is 0.249 e. The fourth-order valence-electron chi connectivity index (χ4n) is 6.05. The van der Waals surface area contributed by atoms with Gasteiger partial charge in [-0.1, -0.05) is 130 Å². The second-order valence-electron chi connectivity index (χ2n) is 17.2. The summed E-state index contributed by atoms with van der Waals surface area (Å²) in [6.07, 6.45) is 0. The van der Waals surface area contributed by atoms with Crippen LogP contribution in [0.4, 0.5) is 0 Å². The monoisotopic (exact) mass is 748 g/mol. The lowest BCUT2D eigenvalue weighted by molar-refractivity contribution is 0.582. The van der Waals surface area contributed by atoms with Crippen LogP contribution in [-0.4, -0.2) is 8.42 Å². The minimum atomic E-state index is -1.41. The van der Waals surface area contributed by atoms with Crippen LogP contribution >= 0.6 is 47.0 Å². The summed E-state index contributed by atoms with van der Waals surface area (Å²) in [6.45, 7) is 26.9. The maximum atomic E-state index is 15.2. The topological polar surface area (TPSA) is 34.1 Å².